The molecule has 0 aliphatic carbocycles. The first-order valence-corrected chi connectivity index (χ1v) is 7.89. The van der Waals surface area contributed by atoms with Gasteiger partial charge in [0.05, 0.1) is 13.2 Å². The first-order valence-electron chi connectivity index (χ1n) is 5.58. The summed E-state index contributed by atoms with van der Waals surface area (Å²) in [4.78, 5) is 0.289. The lowest BCUT2D eigenvalue weighted by atomic mass is 10.2. The molecule has 2 rings (SSSR count). The van der Waals surface area contributed by atoms with Gasteiger partial charge in [-0.2, -0.15) is 17.0 Å². The van der Waals surface area contributed by atoms with E-state index in [0.29, 0.717) is 39.4 Å². The van der Waals surface area contributed by atoms with Crippen LogP contribution in [0.5, 0.6) is 0 Å². The number of halogens is 1. The summed E-state index contributed by atoms with van der Waals surface area (Å²) >= 11 is 3.50. The number of hydrogen-bond acceptors (Lipinski definition) is 3. The summed E-state index contributed by atoms with van der Waals surface area (Å²) in [6, 6.07) is 0. The van der Waals surface area contributed by atoms with Gasteiger partial charge in [0.1, 0.15) is 0 Å². The molecule has 0 radical (unpaired) electrons. The van der Waals surface area contributed by atoms with Crippen LogP contribution >= 0.6 is 15.9 Å². The van der Waals surface area contributed by atoms with Crippen molar-refractivity contribution in [2.45, 2.75) is 17.7 Å². The van der Waals surface area contributed by atoms with E-state index in [1.54, 1.807) is 4.31 Å². The van der Waals surface area contributed by atoms with Gasteiger partial charge in [-0.05, 0) is 12.8 Å². The third-order valence-corrected chi connectivity index (χ3v) is 5.70. The molecule has 0 aromatic rings. The van der Waals surface area contributed by atoms with Gasteiger partial charge >= 0.3 is 0 Å². The summed E-state index contributed by atoms with van der Waals surface area (Å²) in [5, 5.41) is 0. The molecular formula is C9H17BrN2O3S. The maximum atomic E-state index is 12.3. The van der Waals surface area contributed by atoms with E-state index in [9.17, 15) is 8.42 Å². The Labute approximate surface area is 105 Å². The Balaban J connectivity index is 2.05. The van der Waals surface area contributed by atoms with Gasteiger partial charge in [-0.15, -0.1) is 0 Å². The van der Waals surface area contributed by atoms with Gasteiger partial charge in [0.15, 0.2) is 0 Å². The van der Waals surface area contributed by atoms with Crippen LogP contribution in [0.2, 0.25) is 0 Å². The van der Waals surface area contributed by atoms with Gasteiger partial charge in [-0.3, -0.25) is 0 Å². The zero-order valence-corrected chi connectivity index (χ0v) is 11.5. The largest absolute Gasteiger partial charge is 0.379 e. The van der Waals surface area contributed by atoms with Gasteiger partial charge in [-0.1, -0.05) is 15.9 Å². The molecule has 2 fully saturated rings. The minimum Gasteiger partial charge on any atom is -0.379 e. The van der Waals surface area contributed by atoms with Gasteiger partial charge in [0, 0.05) is 31.0 Å². The highest BCUT2D eigenvalue weighted by molar-refractivity contribution is 9.09. The van der Waals surface area contributed by atoms with Gasteiger partial charge < -0.3 is 4.74 Å². The first-order chi connectivity index (χ1) is 7.60. The average Bonchev–Trinajstić information content (AvgIpc) is 2.30. The zero-order chi connectivity index (χ0) is 11.6. The van der Waals surface area contributed by atoms with E-state index in [1.165, 1.54) is 4.31 Å². The van der Waals surface area contributed by atoms with Gasteiger partial charge in [0.25, 0.3) is 10.2 Å². The van der Waals surface area contributed by atoms with Crippen molar-refractivity contribution in [1.82, 2.24) is 8.61 Å². The van der Waals surface area contributed by atoms with Crippen LogP contribution in [-0.2, 0) is 14.9 Å². The van der Waals surface area contributed by atoms with Crippen molar-refractivity contribution in [3.8, 4) is 0 Å². The van der Waals surface area contributed by atoms with Crippen LogP contribution in [0.15, 0.2) is 0 Å². The molecule has 2 aliphatic rings. The predicted octanol–water partition coefficient (Wildman–Crippen LogP) is 0.423. The molecule has 5 nitrogen and oxygen atoms in total. The SMILES string of the molecule is O=S(=O)(N1CCOCC1)N1CCCC(Br)C1. The molecule has 0 N–H and O–H groups in total. The van der Waals surface area contributed by atoms with E-state index < -0.39 is 10.2 Å². The minimum atomic E-state index is -3.26. The Morgan fingerprint density at radius 1 is 1.12 bits per heavy atom. The fourth-order valence-corrected chi connectivity index (χ4v) is 4.57. The number of piperidine rings is 1. The van der Waals surface area contributed by atoms with Gasteiger partial charge in [-0.25, -0.2) is 0 Å². The van der Waals surface area contributed by atoms with Crippen molar-refractivity contribution in [2.75, 3.05) is 39.4 Å². The molecule has 2 aliphatic heterocycles. The maximum absolute atomic E-state index is 12.3. The molecule has 2 saturated heterocycles. The van der Waals surface area contributed by atoms with Crippen LogP contribution in [-0.4, -0.2) is 61.2 Å². The highest BCUT2D eigenvalue weighted by Crippen LogP contribution is 2.21. The molecule has 2 heterocycles. The lowest BCUT2D eigenvalue weighted by Crippen LogP contribution is -2.51. The summed E-state index contributed by atoms with van der Waals surface area (Å²) in [6.45, 7) is 3.19. The van der Waals surface area contributed by atoms with Crippen LogP contribution in [0.1, 0.15) is 12.8 Å². The van der Waals surface area contributed by atoms with Gasteiger partial charge in [0.2, 0.25) is 0 Å². The van der Waals surface area contributed by atoms with E-state index in [-0.39, 0.29) is 4.83 Å². The quantitative estimate of drug-likeness (QED) is 0.695. The summed E-state index contributed by atoms with van der Waals surface area (Å²) in [5.41, 5.74) is 0. The standard InChI is InChI=1S/C9H17BrN2O3S/c10-9-2-1-3-12(8-9)16(13,14)11-4-6-15-7-5-11/h9H,1-8H2. The van der Waals surface area contributed by atoms with Crippen molar-refractivity contribution >= 4 is 26.1 Å². The molecule has 0 bridgehead atoms. The molecule has 0 spiro atoms. The lowest BCUT2D eigenvalue weighted by Gasteiger charge is -2.35. The summed E-state index contributed by atoms with van der Waals surface area (Å²) in [6.07, 6.45) is 1.98. The third-order valence-electron chi connectivity index (χ3n) is 2.95. The van der Waals surface area contributed by atoms with Crippen LogP contribution in [0.3, 0.4) is 0 Å². The second kappa shape index (κ2) is 5.30. The highest BCUT2D eigenvalue weighted by atomic mass is 79.9. The number of ether oxygens (including phenoxy) is 1. The molecular weight excluding hydrogens is 296 g/mol. The monoisotopic (exact) mass is 312 g/mol. The zero-order valence-electron chi connectivity index (χ0n) is 9.14. The topological polar surface area (TPSA) is 49.9 Å². The van der Waals surface area contributed by atoms with Crippen LogP contribution < -0.4 is 0 Å². The number of hydrogen-bond donors (Lipinski definition) is 0. The van der Waals surface area contributed by atoms with E-state index in [2.05, 4.69) is 15.9 Å². The second-order valence-electron chi connectivity index (χ2n) is 4.12. The highest BCUT2D eigenvalue weighted by Gasteiger charge is 2.33. The number of alkyl halides is 1. The second-order valence-corrected chi connectivity index (χ2v) is 7.34. The van der Waals surface area contributed by atoms with Crippen molar-refractivity contribution in [1.29, 1.82) is 0 Å². The Morgan fingerprint density at radius 2 is 1.81 bits per heavy atom. The maximum Gasteiger partial charge on any atom is 0.282 e. The molecule has 0 aromatic heterocycles. The fourth-order valence-electron chi connectivity index (χ4n) is 2.04. The number of nitrogens with zero attached hydrogens (tertiary/aromatic N) is 2. The van der Waals surface area contributed by atoms with E-state index in [1.807, 2.05) is 0 Å². The molecule has 0 amide bonds. The Kier molecular flexibility index (Phi) is 4.23. The van der Waals surface area contributed by atoms with E-state index in [0.717, 1.165) is 12.8 Å². The molecule has 94 valence electrons. The van der Waals surface area contributed by atoms with Crippen molar-refractivity contribution in [2.24, 2.45) is 0 Å². The smallest absolute Gasteiger partial charge is 0.282 e. The number of rotatable bonds is 2. The third kappa shape index (κ3) is 2.76. The fraction of sp³-hybridized carbons (Fsp3) is 1.00. The first kappa shape index (κ1) is 12.8. The van der Waals surface area contributed by atoms with E-state index in [4.69, 9.17) is 4.74 Å². The normalized spacial score (nSPS) is 30.4. The summed E-state index contributed by atoms with van der Waals surface area (Å²) < 4.78 is 32.8. The molecule has 0 aromatic carbocycles. The van der Waals surface area contributed by atoms with Crippen molar-refractivity contribution < 1.29 is 13.2 Å². The minimum absolute atomic E-state index is 0.289. The summed E-state index contributed by atoms with van der Waals surface area (Å²) in [5.74, 6) is 0. The molecule has 1 unspecified atom stereocenters. The van der Waals surface area contributed by atoms with Crippen LogP contribution in [0.25, 0.3) is 0 Å². The summed E-state index contributed by atoms with van der Waals surface area (Å²) in [7, 11) is -3.26. The predicted molar refractivity (Wildman–Crippen MR) is 64.8 cm³/mol. The average molecular weight is 313 g/mol. The lowest BCUT2D eigenvalue weighted by molar-refractivity contribution is 0.0698. The molecule has 0 saturated carbocycles. The Hall–Kier alpha value is 0.310. The Bertz CT molecular complexity index is 330. The van der Waals surface area contributed by atoms with Crippen molar-refractivity contribution in [3.05, 3.63) is 0 Å². The van der Waals surface area contributed by atoms with E-state index >= 15 is 0 Å². The Morgan fingerprint density at radius 3 is 2.44 bits per heavy atom. The number of morpholine rings is 1. The van der Waals surface area contributed by atoms with Crippen molar-refractivity contribution in [3.63, 3.8) is 0 Å². The van der Waals surface area contributed by atoms with Crippen LogP contribution in [0.4, 0.5) is 0 Å². The van der Waals surface area contributed by atoms with Crippen LogP contribution in [0, 0.1) is 0 Å². The molecule has 16 heavy (non-hydrogen) atoms. The molecule has 7 heteroatoms. The molecule has 1 atom stereocenters.